The number of imidazole rings is 2. The summed E-state index contributed by atoms with van der Waals surface area (Å²) in [6.07, 6.45) is 2.73. The molecule has 0 spiro atoms. The Morgan fingerprint density at radius 2 is 1.67 bits per heavy atom. The number of rotatable bonds is 3. The summed E-state index contributed by atoms with van der Waals surface area (Å²) in [5, 5.41) is 0. The lowest BCUT2D eigenvalue weighted by Crippen LogP contribution is -2.47. The van der Waals surface area contributed by atoms with Gasteiger partial charge in [0, 0.05) is 51.3 Å². The van der Waals surface area contributed by atoms with Crippen molar-refractivity contribution < 1.29 is 13.2 Å². The van der Waals surface area contributed by atoms with E-state index in [1.807, 2.05) is 16.4 Å². The number of aryl methyl sites for hydroxylation is 1. The minimum absolute atomic E-state index is 0.199. The number of aromatic nitrogens is 7. The van der Waals surface area contributed by atoms with E-state index in [0.29, 0.717) is 32.0 Å². The van der Waals surface area contributed by atoms with Crippen LogP contribution in [-0.4, -0.2) is 60.1 Å². The Labute approximate surface area is 168 Å². The molecule has 1 saturated heterocycles. The molecule has 30 heavy (non-hydrogen) atoms. The molecule has 9 nitrogen and oxygen atoms in total. The molecule has 0 aliphatic carbocycles. The number of hydrogen-bond acceptors (Lipinski definition) is 7. The largest absolute Gasteiger partial charge is 0.434 e. The summed E-state index contributed by atoms with van der Waals surface area (Å²) >= 11 is 0. The first-order valence-corrected chi connectivity index (χ1v) is 9.52. The Balaban J connectivity index is 1.40. The molecule has 12 heteroatoms. The van der Waals surface area contributed by atoms with Crippen LogP contribution in [0.15, 0.2) is 31.2 Å². The molecule has 1 aliphatic rings. The van der Waals surface area contributed by atoms with Crippen LogP contribution in [0, 0.1) is 0 Å². The second kappa shape index (κ2) is 6.82. The van der Waals surface area contributed by atoms with Crippen molar-refractivity contribution in [2.45, 2.75) is 19.6 Å². The number of piperazine rings is 1. The Bertz CT molecular complexity index is 1200. The van der Waals surface area contributed by atoms with Crippen molar-refractivity contribution in [2.75, 3.05) is 36.0 Å². The molecule has 5 heterocycles. The second-order valence-corrected chi connectivity index (χ2v) is 6.98. The molecule has 1 fully saturated rings. The number of alkyl halides is 3. The van der Waals surface area contributed by atoms with Crippen molar-refractivity contribution in [2.24, 2.45) is 0 Å². The fraction of sp³-hybridized carbons (Fsp3) is 0.389. The van der Waals surface area contributed by atoms with E-state index in [1.54, 1.807) is 6.33 Å². The highest BCUT2D eigenvalue weighted by Gasteiger charge is 2.35. The highest BCUT2D eigenvalue weighted by molar-refractivity contribution is 5.83. The number of halogens is 3. The van der Waals surface area contributed by atoms with Gasteiger partial charge in [0.2, 0.25) is 0 Å². The molecular weight excluding hydrogens is 399 g/mol. The van der Waals surface area contributed by atoms with E-state index in [9.17, 15) is 13.2 Å². The van der Waals surface area contributed by atoms with Crippen LogP contribution < -0.4 is 9.80 Å². The van der Waals surface area contributed by atoms with Crippen LogP contribution in [0.25, 0.3) is 16.8 Å². The summed E-state index contributed by atoms with van der Waals surface area (Å²) in [4.78, 5) is 25.3. The van der Waals surface area contributed by atoms with Gasteiger partial charge in [0.25, 0.3) is 0 Å². The van der Waals surface area contributed by atoms with E-state index >= 15 is 0 Å². The normalized spacial score (nSPS) is 15.5. The third-order valence-corrected chi connectivity index (χ3v) is 5.25. The molecular formula is C18H18F3N9. The van der Waals surface area contributed by atoms with E-state index in [4.69, 9.17) is 0 Å². The molecule has 0 bridgehead atoms. The van der Waals surface area contributed by atoms with Gasteiger partial charge in [-0.25, -0.2) is 24.9 Å². The van der Waals surface area contributed by atoms with Crippen molar-refractivity contribution in [3.63, 3.8) is 0 Å². The van der Waals surface area contributed by atoms with Crippen molar-refractivity contribution in [1.29, 1.82) is 0 Å². The van der Waals surface area contributed by atoms with Gasteiger partial charge < -0.3 is 18.8 Å². The molecule has 0 radical (unpaired) electrons. The fourth-order valence-corrected chi connectivity index (χ4v) is 3.73. The van der Waals surface area contributed by atoms with Crippen molar-refractivity contribution in [1.82, 2.24) is 33.9 Å². The Hall–Kier alpha value is -3.44. The van der Waals surface area contributed by atoms with Gasteiger partial charge >= 0.3 is 6.18 Å². The smallest absolute Gasteiger partial charge is 0.351 e. The van der Waals surface area contributed by atoms with Crippen LogP contribution in [0.3, 0.4) is 0 Å². The van der Waals surface area contributed by atoms with Crippen LogP contribution in [-0.2, 0) is 12.7 Å². The van der Waals surface area contributed by atoms with Gasteiger partial charge in [-0.2, -0.15) is 13.2 Å². The first kappa shape index (κ1) is 18.6. The Kier molecular flexibility index (Phi) is 4.22. The topological polar surface area (TPSA) is 80.3 Å². The standard InChI is InChI=1S/C18H18F3N9/c1-2-27-11-25-13-14(27)23-10-24-15(13)28-5-7-29(8-6-28)16-17-26-12(18(19,20)21)9-30(17)4-3-22-16/h3-4,9-11H,2,5-8H2,1H3. The quantitative estimate of drug-likeness (QED) is 0.506. The minimum atomic E-state index is -4.50. The average molecular weight is 417 g/mol. The van der Waals surface area contributed by atoms with E-state index < -0.39 is 11.9 Å². The van der Waals surface area contributed by atoms with Crippen LogP contribution in [0.4, 0.5) is 24.8 Å². The molecule has 0 saturated carbocycles. The third kappa shape index (κ3) is 2.99. The maximum atomic E-state index is 13.1. The molecule has 5 rings (SSSR count). The first-order valence-electron chi connectivity index (χ1n) is 9.52. The van der Waals surface area contributed by atoms with Gasteiger partial charge in [-0.15, -0.1) is 0 Å². The van der Waals surface area contributed by atoms with Crippen LogP contribution >= 0.6 is 0 Å². The minimum Gasteiger partial charge on any atom is -0.351 e. The molecule has 0 amide bonds. The lowest BCUT2D eigenvalue weighted by Gasteiger charge is -2.35. The summed E-state index contributed by atoms with van der Waals surface area (Å²) in [6, 6.07) is 0. The van der Waals surface area contributed by atoms with Crippen molar-refractivity contribution in [3.8, 4) is 0 Å². The monoisotopic (exact) mass is 417 g/mol. The zero-order valence-corrected chi connectivity index (χ0v) is 16.1. The van der Waals surface area contributed by atoms with Gasteiger partial charge in [-0.05, 0) is 6.92 Å². The predicted molar refractivity (Wildman–Crippen MR) is 103 cm³/mol. The van der Waals surface area contributed by atoms with Gasteiger partial charge in [-0.1, -0.05) is 0 Å². The SMILES string of the molecule is CCn1cnc2c(N3CCN(c4nccn5cc(C(F)(F)F)nc45)CC3)ncnc21. The summed E-state index contributed by atoms with van der Waals surface area (Å²) < 4.78 is 42.5. The van der Waals surface area contributed by atoms with Gasteiger partial charge in [0.05, 0.1) is 6.33 Å². The predicted octanol–water partition coefficient (Wildman–Crippen LogP) is 2.23. The van der Waals surface area contributed by atoms with E-state index in [-0.39, 0.29) is 5.65 Å². The third-order valence-electron chi connectivity index (χ3n) is 5.25. The highest BCUT2D eigenvalue weighted by Crippen LogP contribution is 2.31. The summed E-state index contributed by atoms with van der Waals surface area (Å²) in [5.74, 6) is 1.20. The molecule has 4 aromatic heterocycles. The molecule has 0 aromatic carbocycles. The summed E-state index contributed by atoms with van der Waals surface area (Å²) in [6.45, 7) is 5.18. The molecule has 0 atom stereocenters. The molecule has 156 valence electrons. The average Bonchev–Trinajstić information content (AvgIpc) is 3.37. The van der Waals surface area contributed by atoms with Gasteiger partial charge in [0.1, 0.15) is 6.33 Å². The first-order chi connectivity index (χ1) is 14.5. The molecule has 1 aliphatic heterocycles. The van der Waals surface area contributed by atoms with E-state index in [0.717, 1.165) is 29.7 Å². The number of fused-ring (bicyclic) bond motifs is 2. The van der Waals surface area contributed by atoms with E-state index in [1.165, 1.54) is 23.1 Å². The highest BCUT2D eigenvalue weighted by atomic mass is 19.4. The molecule has 0 N–H and O–H groups in total. The van der Waals surface area contributed by atoms with Crippen molar-refractivity contribution >= 4 is 28.4 Å². The van der Waals surface area contributed by atoms with Crippen LogP contribution in [0.5, 0.6) is 0 Å². The Morgan fingerprint density at radius 3 is 2.37 bits per heavy atom. The number of hydrogen-bond donors (Lipinski definition) is 0. The summed E-state index contributed by atoms with van der Waals surface area (Å²) in [5.41, 5.74) is 0.805. The lowest BCUT2D eigenvalue weighted by molar-refractivity contribution is -0.140. The van der Waals surface area contributed by atoms with Gasteiger partial charge in [0.15, 0.2) is 34.1 Å². The summed E-state index contributed by atoms with van der Waals surface area (Å²) in [7, 11) is 0. The van der Waals surface area contributed by atoms with Crippen LogP contribution in [0.2, 0.25) is 0 Å². The second-order valence-electron chi connectivity index (χ2n) is 6.98. The van der Waals surface area contributed by atoms with Gasteiger partial charge in [-0.3, -0.25) is 0 Å². The maximum absolute atomic E-state index is 13.1. The molecule has 0 unspecified atom stereocenters. The zero-order valence-electron chi connectivity index (χ0n) is 16.1. The number of nitrogens with zero attached hydrogens (tertiary/aromatic N) is 9. The Morgan fingerprint density at radius 1 is 0.933 bits per heavy atom. The lowest BCUT2D eigenvalue weighted by atomic mass is 10.3. The number of anilines is 2. The maximum Gasteiger partial charge on any atom is 0.434 e. The van der Waals surface area contributed by atoms with E-state index in [2.05, 4.69) is 29.8 Å². The fourth-order valence-electron chi connectivity index (χ4n) is 3.73. The van der Waals surface area contributed by atoms with Crippen LogP contribution in [0.1, 0.15) is 12.6 Å². The zero-order chi connectivity index (χ0) is 20.9. The van der Waals surface area contributed by atoms with Crippen molar-refractivity contribution in [3.05, 3.63) is 36.9 Å². The molecule has 4 aromatic rings.